The van der Waals surface area contributed by atoms with E-state index in [4.69, 9.17) is 9.47 Å². The molecule has 0 amide bonds. The lowest BCUT2D eigenvalue weighted by Gasteiger charge is -2.43. The summed E-state index contributed by atoms with van der Waals surface area (Å²) >= 11 is 0. The lowest BCUT2D eigenvalue weighted by Crippen LogP contribution is -3.15. The summed E-state index contributed by atoms with van der Waals surface area (Å²) < 4.78 is 13.3. The molecule has 2 heterocycles. The SMILES string of the molecule is CC[NH+]1[C@H]2Oc3ccc4ccccc4c3[C@@H]1Oc1ccc3ccccc3c12. The van der Waals surface area contributed by atoms with E-state index in [1.165, 1.54) is 37.6 Å². The predicted molar refractivity (Wildman–Crippen MR) is 106 cm³/mol. The molecule has 0 saturated heterocycles. The molecule has 1 N–H and O–H groups in total. The summed E-state index contributed by atoms with van der Waals surface area (Å²) in [6.45, 7) is 3.13. The molecular formula is C24H20NO2+. The molecule has 0 aliphatic carbocycles. The minimum atomic E-state index is -0.0523. The second kappa shape index (κ2) is 5.48. The largest absolute Gasteiger partial charge is 0.437 e. The molecule has 2 aliphatic rings. The number of fused-ring (bicyclic) bond motifs is 10. The van der Waals surface area contributed by atoms with Crippen LogP contribution in [0, 0.1) is 0 Å². The number of rotatable bonds is 1. The van der Waals surface area contributed by atoms with Gasteiger partial charge in [0.15, 0.2) is 0 Å². The molecule has 0 fully saturated rings. The van der Waals surface area contributed by atoms with Crippen molar-refractivity contribution in [2.75, 3.05) is 6.54 Å². The van der Waals surface area contributed by atoms with Crippen LogP contribution in [0.2, 0.25) is 0 Å². The number of hydrogen-bond donors (Lipinski definition) is 1. The summed E-state index contributed by atoms with van der Waals surface area (Å²) in [7, 11) is 0. The Balaban J connectivity index is 1.63. The second-order valence-corrected chi connectivity index (χ2v) is 7.32. The Hall–Kier alpha value is -3.04. The minimum Gasteiger partial charge on any atom is -0.437 e. The van der Waals surface area contributed by atoms with Crippen LogP contribution in [-0.2, 0) is 0 Å². The third-order valence-corrected chi connectivity index (χ3v) is 5.96. The molecule has 0 aromatic heterocycles. The van der Waals surface area contributed by atoms with E-state index in [2.05, 4.69) is 79.7 Å². The first kappa shape index (κ1) is 15.1. The zero-order chi connectivity index (χ0) is 18.0. The van der Waals surface area contributed by atoms with E-state index in [0.29, 0.717) is 0 Å². The predicted octanol–water partition coefficient (Wildman–Crippen LogP) is 4.38. The van der Waals surface area contributed by atoms with Crippen molar-refractivity contribution in [2.45, 2.75) is 19.4 Å². The van der Waals surface area contributed by atoms with Crippen LogP contribution in [0.15, 0.2) is 72.8 Å². The van der Waals surface area contributed by atoms with Crippen molar-refractivity contribution in [1.82, 2.24) is 0 Å². The highest BCUT2D eigenvalue weighted by Gasteiger charge is 2.47. The zero-order valence-electron chi connectivity index (χ0n) is 15.1. The average Bonchev–Trinajstić information content (AvgIpc) is 2.72. The lowest BCUT2D eigenvalue weighted by molar-refractivity contribution is -1.00. The van der Waals surface area contributed by atoms with Gasteiger partial charge in [-0.1, -0.05) is 60.7 Å². The molecule has 4 aromatic carbocycles. The van der Waals surface area contributed by atoms with E-state index in [-0.39, 0.29) is 12.5 Å². The summed E-state index contributed by atoms with van der Waals surface area (Å²) in [5, 5.41) is 4.88. The van der Waals surface area contributed by atoms with Gasteiger partial charge in [0.25, 0.3) is 12.5 Å². The Labute approximate surface area is 157 Å². The first-order valence-electron chi connectivity index (χ1n) is 9.57. The zero-order valence-corrected chi connectivity index (χ0v) is 15.1. The number of benzene rings is 4. The molecule has 2 bridgehead atoms. The molecule has 2 aliphatic heterocycles. The van der Waals surface area contributed by atoms with E-state index in [1.807, 2.05) is 0 Å². The number of hydrogen-bond acceptors (Lipinski definition) is 2. The van der Waals surface area contributed by atoms with Crippen LogP contribution in [0.4, 0.5) is 0 Å². The highest BCUT2D eigenvalue weighted by atomic mass is 16.6. The molecular weight excluding hydrogens is 334 g/mol. The molecule has 3 heteroatoms. The van der Waals surface area contributed by atoms with Crippen molar-refractivity contribution in [3.63, 3.8) is 0 Å². The molecule has 132 valence electrons. The second-order valence-electron chi connectivity index (χ2n) is 7.32. The smallest absolute Gasteiger partial charge is 0.266 e. The fraction of sp³-hybridized carbons (Fsp3) is 0.167. The average molecular weight is 354 g/mol. The van der Waals surface area contributed by atoms with Crippen LogP contribution < -0.4 is 14.4 Å². The molecule has 0 saturated carbocycles. The highest BCUT2D eigenvalue weighted by Crippen LogP contribution is 2.45. The molecule has 27 heavy (non-hydrogen) atoms. The van der Waals surface area contributed by atoms with Gasteiger partial charge in [-0.2, -0.15) is 0 Å². The summed E-state index contributed by atoms with van der Waals surface area (Å²) in [5.74, 6) is 1.89. The van der Waals surface area contributed by atoms with Crippen LogP contribution in [0.5, 0.6) is 11.5 Å². The van der Waals surface area contributed by atoms with Crippen molar-refractivity contribution >= 4 is 21.5 Å². The summed E-state index contributed by atoms with van der Waals surface area (Å²) in [6, 6.07) is 25.5. The van der Waals surface area contributed by atoms with E-state index in [0.717, 1.165) is 18.0 Å². The lowest BCUT2D eigenvalue weighted by atomic mass is 9.95. The highest BCUT2D eigenvalue weighted by molar-refractivity contribution is 5.90. The summed E-state index contributed by atoms with van der Waals surface area (Å²) in [6.07, 6.45) is -0.105. The van der Waals surface area contributed by atoms with Crippen LogP contribution in [0.3, 0.4) is 0 Å². The van der Waals surface area contributed by atoms with Gasteiger partial charge in [0.2, 0.25) is 0 Å². The van der Waals surface area contributed by atoms with Crippen molar-refractivity contribution in [3.8, 4) is 11.5 Å². The normalized spacial score (nSPS) is 22.6. The Morgan fingerprint density at radius 1 is 0.667 bits per heavy atom. The molecule has 2 atom stereocenters. The van der Waals surface area contributed by atoms with Crippen LogP contribution in [0.1, 0.15) is 30.5 Å². The van der Waals surface area contributed by atoms with Crippen LogP contribution in [0.25, 0.3) is 21.5 Å². The first-order valence-corrected chi connectivity index (χ1v) is 9.57. The third-order valence-electron chi connectivity index (χ3n) is 5.96. The summed E-state index contributed by atoms with van der Waals surface area (Å²) in [4.78, 5) is 1.31. The third kappa shape index (κ3) is 2.00. The van der Waals surface area contributed by atoms with Gasteiger partial charge in [-0.3, -0.25) is 4.90 Å². The Bertz CT molecular complexity index is 1110. The van der Waals surface area contributed by atoms with Crippen molar-refractivity contribution in [3.05, 3.63) is 83.9 Å². The van der Waals surface area contributed by atoms with E-state index in [9.17, 15) is 0 Å². The fourth-order valence-electron chi connectivity index (χ4n) is 4.70. The van der Waals surface area contributed by atoms with E-state index in [1.54, 1.807) is 0 Å². The van der Waals surface area contributed by atoms with Gasteiger partial charge < -0.3 is 9.47 Å². The number of ether oxygens (including phenoxy) is 2. The van der Waals surface area contributed by atoms with Gasteiger partial charge in [-0.15, -0.1) is 0 Å². The van der Waals surface area contributed by atoms with Crippen molar-refractivity contribution < 1.29 is 14.4 Å². The van der Waals surface area contributed by atoms with Gasteiger partial charge >= 0.3 is 0 Å². The topological polar surface area (TPSA) is 22.9 Å². The van der Waals surface area contributed by atoms with Gasteiger partial charge in [0.1, 0.15) is 22.6 Å². The summed E-state index contributed by atoms with van der Waals surface area (Å²) in [5.41, 5.74) is 2.33. The molecule has 6 rings (SSSR count). The maximum Gasteiger partial charge on any atom is 0.266 e. The standard InChI is InChI=1S/C24H19NO2/c1-2-25-23-21-17-9-5-3-7-15(17)11-13-19(21)26-24(25)22-18-10-6-4-8-16(18)12-14-20(22)27-23/h3-14,23-24H,2H2,1H3/p+1/t23-,24-/m0/s1. The van der Waals surface area contributed by atoms with Crippen molar-refractivity contribution in [2.24, 2.45) is 0 Å². The fourth-order valence-corrected chi connectivity index (χ4v) is 4.70. The van der Waals surface area contributed by atoms with Crippen molar-refractivity contribution in [1.29, 1.82) is 0 Å². The van der Waals surface area contributed by atoms with Crippen LogP contribution in [-0.4, -0.2) is 6.54 Å². The Kier molecular flexibility index (Phi) is 3.06. The first-order chi connectivity index (χ1) is 13.3. The number of quaternary nitrogens is 1. The molecule has 0 radical (unpaired) electrons. The van der Waals surface area contributed by atoms with Gasteiger partial charge in [-0.25, -0.2) is 0 Å². The van der Waals surface area contributed by atoms with E-state index >= 15 is 0 Å². The quantitative estimate of drug-likeness (QED) is 0.548. The maximum absolute atomic E-state index is 6.63. The Morgan fingerprint density at radius 3 is 1.63 bits per heavy atom. The molecule has 3 nitrogen and oxygen atoms in total. The van der Waals surface area contributed by atoms with Crippen LogP contribution >= 0.6 is 0 Å². The molecule has 0 spiro atoms. The van der Waals surface area contributed by atoms with E-state index < -0.39 is 0 Å². The monoisotopic (exact) mass is 354 g/mol. The van der Waals surface area contributed by atoms with Gasteiger partial charge in [-0.05, 0) is 40.6 Å². The van der Waals surface area contributed by atoms with Gasteiger partial charge in [0.05, 0.1) is 6.54 Å². The number of nitrogens with one attached hydrogen (secondary N) is 1. The molecule has 4 aromatic rings. The maximum atomic E-state index is 6.63. The minimum absolute atomic E-state index is 0.0523. The Morgan fingerprint density at radius 2 is 1.15 bits per heavy atom. The molecule has 0 unspecified atom stereocenters. The van der Waals surface area contributed by atoms with Gasteiger partial charge in [0, 0.05) is 0 Å².